The molecule has 0 aliphatic carbocycles. The molecule has 0 atom stereocenters. The van der Waals surface area contributed by atoms with Crippen LogP contribution in [0, 0.1) is 11.3 Å². The number of aromatic hydroxyl groups is 1. The molecule has 1 aromatic heterocycles. The number of rotatable bonds is 3. The number of ether oxygens (including phenoxy) is 1. The lowest BCUT2D eigenvalue weighted by Crippen LogP contribution is -2.13. The molecule has 3 rings (SSSR count). The van der Waals surface area contributed by atoms with Crippen LogP contribution in [0.3, 0.4) is 0 Å². The summed E-state index contributed by atoms with van der Waals surface area (Å²) < 4.78 is 5.34. The van der Waals surface area contributed by atoms with Crippen LogP contribution in [-0.2, 0) is 0 Å². The summed E-state index contributed by atoms with van der Waals surface area (Å²) in [5, 5.41) is 19.4. The Balaban J connectivity index is 2.32. The van der Waals surface area contributed by atoms with Crippen molar-refractivity contribution in [1.29, 1.82) is 5.26 Å². The van der Waals surface area contributed by atoms with Gasteiger partial charge in [-0.2, -0.15) is 5.26 Å². The second-order valence-electron chi connectivity index (χ2n) is 5.13. The first kappa shape index (κ1) is 15.4. The molecule has 2 aromatic carbocycles. The normalized spacial score (nSPS) is 10.2. The Kier molecular flexibility index (Phi) is 4.04. The van der Waals surface area contributed by atoms with Gasteiger partial charge in [0.1, 0.15) is 23.1 Å². The number of nitrogens with zero attached hydrogens (tertiary/aromatic N) is 1. The average Bonchev–Trinajstić information content (AvgIpc) is 2.61. The number of pyridine rings is 1. The first-order chi connectivity index (χ1) is 11.7. The number of phenolic OH excluding ortho intramolecular Hbond substituents is 1. The van der Waals surface area contributed by atoms with Crippen molar-refractivity contribution in [3.63, 3.8) is 0 Å². The Labute approximate surface area is 138 Å². The Morgan fingerprint density at radius 1 is 1.04 bits per heavy atom. The van der Waals surface area contributed by atoms with E-state index in [1.165, 1.54) is 13.2 Å². The summed E-state index contributed by atoms with van der Waals surface area (Å²) in [6.07, 6.45) is 0. The van der Waals surface area contributed by atoms with Crippen molar-refractivity contribution in [2.75, 3.05) is 7.11 Å². The third-order valence-corrected chi connectivity index (χ3v) is 3.74. The molecule has 0 aliphatic rings. The van der Waals surface area contributed by atoms with Gasteiger partial charge >= 0.3 is 0 Å². The summed E-state index contributed by atoms with van der Waals surface area (Å²) in [6.45, 7) is 0. The smallest absolute Gasteiger partial charge is 0.266 e. The Morgan fingerprint density at radius 2 is 1.71 bits per heavy atom. The van der Waals surface area contributed by atoms with Gasteiger partial charge in [0.2, 0.25) is 0 Å². The number of aromatic amines is 1. The SMILES string of the molecule is COc1ccccc1-c1cc(-c2ccccc2O)[nH]c(=O)c1C#N. The van der Waals surface area contributed by atoms with Gasteiger partial charge in [-0.1, -0.05) is 30.3 Å². The number of benzene rings is 2. The lowest BCUT2D eigenvalue weighted by atomic mass is 9.98. The fraction of sp³-hybridized carbons (Fsp3) is 0.0526. The predicted molar refractivity (Wildman–Crippen MR) is 90.9 cm³/mol. The highest BCUT2D eigenvalue weighted by Crippen LogP contribution is 2.34. The van der Waals surface area contributed by atoms with E-state index in [-0.39, 0.29) is 11.3 Å². The Bertz CT molecular complexity index is 1000. The number of H-pyrrole nitrogens is 1. The van der Waals surface area contributed by atoms with Crippen LogP contribution in [-0.4, -0.2) is 17.2 Å². The van der Waals surface area contributed by atoms with Gasteiger partial charge < -0.3 is 14.8 Å². The number of para-hydroxylation sites is 2. The number of hydrogen-bond acceptors (Lipinski definition) is 4. The molecule has 0 amide bonds. The van der Waals surface area contributed by atoms with Crippen LogP contribution >= 0.6 is 0 Å². The lowest BCUT2D eigenvalue weighted by molar-refractivity contribution is 0.416. The van der Waals surface area contributed by atoms with Crippen molar-refractivity contribution in [3.8, 4) is 40.0 Å². The van der Waals surface area contributed by atoms with E-state index in [2.05, 4.69) is 4.98 Å². The summed E-state index contributed by atoms with van der Waals surface area (Å²) in [5.74, 6) is 0.603. The van der Waals surface area contributed by atoms with E-state index in [4.69, 9.17) is 4.74 Å². The molecule has 0 spiro atoms. The maximum absolute atomic E-state index is 12.3. The van der Waals surface area contributed by atoms with E-state index in [1.807, 2.05) is 12.1 Å². The molecule has 3 aromatic rings. The van der Waals surface area contributed by atoms with Crippen molar-refractivity contribution < 1.29 is 9.84 Å². The molecule has 0 saturated carbocycles. The molecule has 0 bridgehead atoms. The highest BCUT2D eigenvalue weighted by atomic mass is 16.5. The maximum atomic E-state index is 12.3. The third kappa shape index (κ3) is 2.61. The molecule has 0 unspecified atom stereocenters. The van der Waals surface area contributed by atoms with Crippen LogP contribution in [0.15, 0.2) is 59.4 Å². The van der Waals surface area contributed by atoms with Crippen LogP contribution < -0.4 is 10.3 Å². The van der Waals surface area contributed by atoms with Crippen molar-refractivity contribution >= 4 is 0 Å². The van der Waals surface area contributed by atoms with E-state index >= 15 is 0 Å². The minimum absolute atomic E-state index is 0.00123. The molecule has 2 N–H and O–H groups in total. The fourth-order valence-electron chi connectivity index (χ4n) is 2.60. The fourth-order valence-corrected chi connectivity index (χ4v) is 2.60. The number of hydrogen-bond donors (Lipinski definition) is 2. The zero-order valence-corrected chi connectivity index (χ0v) is 12.9. The van der Waals surface area contributed by atoms with Crippen LogP contribution in [0.1, 0.15) is 5.56 Å². The summed E-state index contributed by atoms with van der Waals surface area (Å²) in [7, 11) is 1.53. The highest BCUT2D eigenvalue weighted by Gasteiger charge is 2.16. The molecular weight excluding hydrogens is 304 g/mol. The molecule has 0 aliphatic heterocycles. The van der Waals surface area contributed by atoms with Crippen molar-refractivity contribution in [2.45, 2.75) is 0 Å². The van der Waals surface area contributed by atoms with Crippen LogP contribution in [0.2, 0.25) is 0 Å². The zero-order chi connectivity index (χ0) is 17.1. The second kappa shape index (κ2) is 6.31. The van der Waals surface area contributed by atoms with E-state index in [1.54, 1.807) is 42.5 Å². The quantitative estimate of drug-likeness (QED) is 0.776. The Hall–Kier alpha value is -3.52. The maximum Gasteiger partial charge on any atom is 0.266 e. The van der Waals surface area contributed by atoms with Crippen LogP contribution in [0.25, 0.3) is 22.4 Å². The standard InChI is InChI=1S/C19H14N2O3/c1-24-18-9-5-3-6-12(18)14-10-16(21-19(23)15(14)11-20)13-7-2-4-8-17(13)22/h2-10,22H,1H3,(H,21,23). The Morgan fingerprint density at radius 3 is 2.38 bits per heavy atom. The van der Waals surface area contributed by atoms with E-state index in [9.17, 15) is 15.2 Å². The highest BCUT2D eigenvalue weighted by molar-refractivity contribution is 5.80. The molecule has 118 valence electrons. The van der Waals surface area contributed by atoms with Gasteiger partial charge in [0.15, 0.2) is 0 Å². The first-order valence-corrected chi connectivity index (χ1v) is 7.25. The van der Waals surface area contributed by atoms with Gasteiger partial charge in [0.05, 0.1) is 12.8 Å². The summed E-state index contributed by atoms with van der Waals surface area (Å²) in [5.41, 5.74) is 1.49. The molecule has 0 fully saturated rings. The van der Waals surface area contributed by atoms with Gasteiger partial charge in [-0.15, -0.1) is 0 Å². The van der Waals surface area contributed by atoms with Gasteiger partial charge in [-0.05, 0) is 24.3 Å². The van der Waals surface area contributed by atoms with Gasteiger partial charge in [0.25, 0.3) is 5.56 Å². The number of methoxy groups -OCH3 is 1. The molecule has 0 radical (unpaired) electrons. The van der Waals surface area contributed by atoms with E-state index < -0.39 is 5.56 Å². The monoisotopic (exact) mass is 318 g/mol. The number of phenols is 1. The number of aromatic nitrogens is 1. The average molecular weight is 318 g/mol. The molecule has 0 saturated heterocycles. The lowest BCUT2D eigenvalue weighted by Gasteiger charge is -2.12. The van der Waals surface area contributed by atoms with Crippen LogP contribution in [0.5, 0.6) is 11.5 Å². The molecular formula is C19H14N2O3. The van der Waals surface area contributed by atoms with E-state index in [0.717, 1.165) is 0 Å². The molecule has 24 heavy (non-hydrogen) atoms. The van der Waals surface area contributed by atoms with Gasteiger partial charge in [0, 0.05) is 16.7 Å². The largest absolute Gasteiger partial charge is 0.507 e. The first-order valence-electron chi connectivity index (χ1n) is 7.25. The summed E-state index contributed by atoms with van der Waals surface area (Å²) >= 11 is 0. The summed E-state index contributed by atoms with van der Waals surface area (Å²) in [4.78, 5) is 15.0. The topological polar surface area (TPSA) is 86.1 Å². The molecule has 5 heteroatoms. The van der Waals surface area contributed by atoms with E-state index in [0.29, 0.717) is 28.1 Å². The zero-order valence-electron chi connectivity index (χ0n) is 12.9. The number of nitriles is 1. The van der Waals surface area contributed by atoms with Crippen molar-refractivity contribution in [2.24, 2.45) is 0 Å². The second-order valence-corrected chi connectivity index (χ2v) is 5.13. The molecule has 1 heterocycles. The predicted octanol–water partition coefficient (Wildman–Crippen LogP) is 3.29. The van der Waals surface area contributed by atoms with Crippen LogP contribution in [0.4, 0.5) is 0 Å². The minimum Gasteiger partial charge on any atom is -0.507 e. The van der Waals surface area contributed by atoms with Gasteiger partial charge in [-0.3, -0.25) is 4.79 Å². The molecule has 5 nitrogen and oxygen atoms in total. The summed E-state index contributed by atoms with van der Waals surface area (Å²) in [6, 6.07) is 17.5. The van der Waals surface area contributed by atoms with Crippen molar-refractivity contribution in [3.05, 3.63) is 70.5 Å². The third-order valence-electron chi connectivity index (χ3n) is 3.74. The van der Waals surface area contributed by atoms with Gasteiger partial charge in [-0.25, -0.2) is 0 Å². The van der Waals surface area contributed by atoms with Crippen molar-refractivity contribution in [1.82, 2.24) is 4.98 Å². The minimum atomic E-state index is -0.515. The number of nitrogens with one attached hydrogen (secondary N) is 1.